The van der Waals surface area contributed by atoms with E-state index in [4.69, 9.17) is 0 Å². The Morgan fingerprint density at radius 2 is 2.17 bits per heavy atom. The van der Waals surface area contributed by atoms with E-state index in [1.165, 1.54) is 5.56 Å². The zero-order valence-electron chi connectivity index (χ0n) is 10.6. The first-order valence-electron chi connectivity index (χ1n) is 6.20. The summed E-state index contributed by atoms with van der Waals surface area (Å²) in [5.74, 6) is 1.67. The molecular formula is C14H19NO2S. The van der Waals surface area contributed by atoms with Crippen LogP contribution >= 0.6 is 11.8 Å². The molecule has 4 heteroatoms. The molecule has 1 aromatic rings. The fourth-order valence-electron chi connectivity index (χ4n) is 1.95. The lowest BCUT2D eigenvalue weighted by Crippen LogP contribution is -2.43. The summed E-state index contributed by atoms with van der Waals surface area (Å²) < 4.78 is 0. The predicted octanol–water partition coefficient (Wildman–Crippen LogP) is 1.52. The Labute approximate surface area is 112 Å². The third-order valence-electron chi connectivity index (χ3n) is 3.18. The highest BCUT2D eigenvalue weighted by molar-refractivity contribution is 7.99. The van der Waals surface area contributed by atoms with Crippen LogP contribution in [0.5, 0.6) is 0 Å². The molecule has 1 fully saturated rings. The van der Waals surface area contributed by atoms with Crippen LogP contribution in [0.3, 0.4) is 0 Å². The monoisotopic (exact) mass is 265 g/mol. The second-order valence-corrected chi connectivity index (χ2v) is 6.07. The van der Waals surface area contributed by atoms with E-state index in [2.05, 4.69) is 5.32 Å². The van der Waals surface area contributed by atoms with Gasteiger partial charge >= 0.3 is 0 Å². The van der Waals surface area contributed by atoms with Crippen LogP contribution in [0.15, 0.2) is 24.3 Å². The van der Waals surface area contributed by atoms with Crippen LogP contribution in [0.4, 0.5) is 0 Å². The van der Waals surface area contributed by atoms with E-state index in [0.29, 0.717) is 13.0 Å². The number of thioether (sulfide) groups is 1. The topological polar surface area (TPSA) is 49.3 Å². The normalized spacial score (nSPS) is 23.0. The minimum absolute atomic E-state index is 0.0239. The molecule has 0 bridgehead atoms. The molecule has 1 aromatic carbocycles. The predicted molar refractivity (Wildman–Crippen MR) is 74.8 cm³/mol. The van der Waals surface area contributed by atoms with Crippen LogP contribution in [0.25, 0.3) is 0 Å². The lowest BCUT2D eigenvalue weighted by Gasteiger charge is -2.21. The van der Waals surface area contributed by atoms with Crippen molar-refractivity contribution in [1.82, 2.24) is 5.32 Å². The average Bonchev–Trinajstić information content (AvgIpc) is 2.78. The number of hydrogen-bond donors (Lipinski definition) is 2. The molecule has 3 nitrogen and oxygen atoms in total. The van der Waals surface area contributed by atoms with Gasteiger partial charge in [-0.05, 0) is 24.7 Å². The summed E-state index contributed by atoms with van der Waals surface area (Å²) >= 11 is 1.74. The number of rotatable bonds is 4. The van der Waals surface area contributed by atoms with Gasteiger partial charge in [0.25, 0.3) is 0 Å². The fourth-order valence-corrected chi connectivity index (χ4v) is 3.25. The third-order valence-corrected chi connectivity index (χ3v) is 4.42. The Balaban J connectivity index is 1.80. The van der Waals surface area contributed by atoms with Gasteiger partial charge < -0.3 is 10.4 Å². The van der Waals surface area contributed by atoms with Gasteiger partial charge in [-0.15, -0.1) is 0 Å². The van der Waals surface area contributed by atoms with Gasteiger partial charge in [0.05, 0.1) is 12.0 Å². The summed E-state index contributed by atoms with van der Waals surface area (Å²) in [6.07, 6.45) is 1.14. The number of carbonyl (C=O) groups is 1. The molecule has 1 saturated heterocycles. The molecule has 98 valence electrons. The van der Waals surface area contributed by atoms with Gasteiger partial charge in [0.2, 0.25) is 5.91 Å². The molecule has 1 heterocycles. The zero-order valence-corrected chi connectivity index (χ0v) is 11.4. The lowest BCUT2D eigenvalue weighted by molar-refractivity contribution is -0.121. The van der Waals surface area contributed by atoms with E-state index in [0.717, 1.165) is 23.5 Å². The maximum atomic E-state index is 11.8. The van der Waals surface area contributed by atoms with Crippen LogP contribution in [-0.2, 0) is 11.2 Å². The summed E-state index contributed by atoms with van der Waals surface area (Å²) in [5, 5.41) is 12.9. The molecule has 0 radical (unpaired) electrons. The standard InChI is InChI=1S/C14H19NO2S/c1-11-2-4-12(5-3-11)8-13(16)15-9-14(17)6-7-18-10-14/h2-5,17H,6-10H2,1H3,(H,15,16)/t14-/m1/s1. The smallest absolute Gasteiger partial charge is 0.224 e. The number of aryl methyl sites for hydroxylation is 1. The van der Waals surface area contributed by atoms with E-state index in [-0.39, 0.29) is 5.91 Å². The molecule has 0 unspecified atom stereocenters. The van der Waals surface area contributed by atoms with Crippen LogP contribution in [0.1, 0.15) is 17.5 Å². The highest BCUT2D eigenvalue weighted by Gasteiger charge is 2.31. The summed E-state index contributed by atoms with van der Waals surface area (Å²) in [6.45, 7) is 2.39. The summed E-state index contributed by atoms with van der Waals surface area (Å²) in [5.41, 5.74) is 1.50. The Morgan fingerprint density at radius 3 is 2.78 bits per heavy atom. The van der Waals surface area contributed by atoms with Gasteiger partial charge in [-0.25, -0.2) is 0 Å². The molecule has 0 saturated carbocycles. The van der Waals surface area contributed by atoms with Crippen molar-refractivity contribution in [3.8, 4) is 0 Å². The molecule has 0 aromatic heterocycles. The largest absolute Gasteiger partial charge is 0.387 e. The van der Waals surface area contributed by atoms with Crippen LogP contribution in [0, 0.1) is 6.92 Å². The Morgan fingerprint density at radius 1 is 1.44 bits per heavy atom. The number of aliphatic hydroxyl groups is 1. The van der Waals surface area contributed by atoms with Crippen molar-refractivity contribution in [2.75, 3.05) is 18.1 Å². The molecule has 1 atom stereocenters. The highest BCUT2D eigenvalue weighted by atomic mass is 32.2. The molecule has 1 aliphatic heterocycles. The maximum absolute atomic E-state index is 11.8. The SMILES string of the molecule is Cc1ccc(CC(=O)NC[C@]2(O)CCSC2)cc1. The summed E-state index contributed by atoms with van der Waals surface area (Å²) in [6, 6.07) is 7.94. The van der Waals surface area contributed by atoms with E-state index in [1.807, 2.05) is 31.2 Å². The number of amides is 1. The second-order valence-electron chi connectivity index (χ2n) is 4.97. The van der Waals surface area contributed by atoms with Gasteiger partial charge in [-0.2, -0.15) is 11.8 Å². The molecule has 2 N–H and O–H groups in total. The van der Waals surface area contributed by atoms with Crippen LogP contribution in [-0.4, -0.2) is 34.7 Å². The highest BCUT2D eigenvalue weighted by Crippen LogP contribution is 2.26. The average molecular weight is 265 g/mol. The van der Waals surface area contributed by atoms with Crippen molar-refractivity contribution in [1.29, 1.82) is 0 Å². The first-order chi connectivity index (χ1) is 8.57. The molecule has 1 aliphatic rings. The van der Waals surface area contributed by atoms with E-state index in [9.17, 15) is 9.90 Å². The fraction of sp³-hybridized carbons (Fsp3) is 0.500. The molecule has 1 amide bonds. The van der Waals surface area contributed by atoms with Crippen LogP contribution in [0.2, 0.25) is 0 Å². The minimum Gasteiger partial charge on any atom is -0.387 e. The van der Waals surface area contributed by atoms with E-state index >= 15 is 0 Å². The van der Waals surface area contributed by atoms with E-state index in [1.54, 1.807) is 11.8 Å². The van der Waals surface area contributed by atoms with Crippen molar-refractivity contribution in [3.63, 3.8) is 0 Å². The Kier molecular flexibility index (Phi) is 4.30. The Hall–Kier alpha value is -1.00. The van der Waals surface area contributed by atoms with Gasteiger partial charge in [0.1, 0.15) is 0 Å². The third kappa shape index (κ3) is 3.75. The van der Waals surface area contributed by atoms with Crippen LogP contribution < -0.4 is 5.32 Å². The summed E-state index contributed by atoms with van der Waals surface area (Å²) in [4.78, 5) is 11.8. The summed E-state index contributed by atoms with van der Waals surface area (Å²) in [7, 11) is 0. The van der Waals surface area contributed by atoms with Gasteiger partial charge in [0.15, 0.2) is 0 Å². The van der Waals surface area contributed by atoms with Crippen molar-refractivity contribution in [2.45, 2.75) is 25.4 Å². The van der Waals surface area contributed by atoms with Gasteiger partial charge in [-0.3, -0.25) is 4.79 Å². The lowest BCUT2D eigenvalue weighted by atomic mass is 10.0. The molecule has 18 heavy (non-hydrogen) atoms. The molecular weight excluding hydrogens is 246 g/mol. The maximum Gasteiger partial charge on any atom is 0.224 e. The number of hydrogen-bond acceptors (Lipinski definition) is 3. The number of carbonyl (C=O) groups excluding carboxylic acids is 1. The quantitative estimate of drug-likeness (QED) is 0.868. The number of benzene rings is 1. The van der Waals surface area contributed by atoms with Crippen molar-refractivity contribution < 1.29 is 9.90 Å². The number of nitrogens with one attached hydrogen (secondary N) is 1. The van der Waals surface area contributed by atoms with Crippen molar-refractivity contribution in [3.05, 3.63) is 35.4 Å². The Bertz CT molecular complexity index is 410. The molecule has 2 rings (SSSR count). The van der Waals surface area contributed by atoms with Crippen molar-refractivity contribution >= 4 is 17.7 Å². The first kappa shape index (κ1) is 13.4. The minimum atomic E-state index is -0.701. The van der Waals surface area contributed by atoms with Gasteiger partial charge in [0, 0.05) is 12.3 Å². The molecule has 0 spiro atoms. The second kappa shape index (κ2) is 5.76. The molecule has 0 aliphatic carbocycles. The zero-order chi connectivity index (χ0) is 13.0. The first-order valence-corrected chi connectivity index (χ1v) is 7.35. The van der Waals surface area contributed by atoms with Gasteiger partial charge in [-0.1, -0.05) is 29.8 Å². The van der Waals surface area contributed by atoms with Crippen molar-refractivity contribution in [2.24, 2.45) is 0 Å². The van der Waals surface area contributed by atoms with E-state index < -0.39 is 5.60 Å².